The third-order valence-electron chi connectivity index (χ3n) is 4.16. The highest BCUT2D eigenvalue weighted by Gasteiger charge is 2.23. The molecule has 1 aromatic carbocycles. The van der Waals surface area contributed by atoms with Crippen LogP contribution in [0.4, 0.5) is 5.95 Å². The number of benzene rings is 1. The van der Waals surface area contributed by atoms with E-state index in [2.05, 4.69) is 45.6 Å². The Morgan fingerprint density at radius 1 is 1.17 bits per heavy atom. The van der Waals surface area contributed by atoms with Crippen molar-refractivity contribution in [2.45, 2.75) is 13.3 Å². The molecule has 0 N–H and O–H groups in total. The second-order valence-electron chi connectivity index (χ2n) is 5.74. The van der Waals surface area contributed by atoms with Gasteiger partial charge in [0.2, 0.25) is 11.9 Å². The molecule has 1 amide bonds. The summed E-state index contributed by atoms with van der Waals surface area (Å²) < 4.78 is 2.09. The Morgan fingerprint density at radius 2 is 1.87 bits per heavy atom. The summed E-state index contributed by atoms with van der Waals surface area (Å²) in [6, 6.07) is 8.39. The zero-order valence-electron chi connectivity index (χ0n) is 13.3. The van der Waals surface area contributed by atoms with Gasteiger partial charge >= 0.3 is 0 Å². The highest BCUT2D eigenvalue weighted by Crippen LogP contribution is 2.20. The number of aromatic nitrogens is 2. The van der Waals surface area contributed by atoms with Gasteiger partial charge in [-0.25, -0.2) is 4.98 Å². The van der Waals surface area contributed by atoms with Crippen LogP contribution in [0.2, 0.25) is 0 Å². The monoisotopic (exact) mass is 332 g/mol. The third-order valence-corrected chi connectivity index (χ3v) is 4.35. The van der Waals surface area contributed by atoms with Gasteiger partial charge in [0.1, 0.15) is 0 Å². The van der Waals surface area contributed by atoms with E-state index in [-0.39, 0.29) is 5.91 Å². The highest BCUT2D eigenvalue weighted by molar-refractivity contribution is 6.18. The van der Waals surface area contributed by atoms with E-state index in [1.807, 2.05) is 17.3 Å². The number of hydrogen-bond donors (Lipinski definition) is 0. The van der Waals surface area contributed by atoms with Crippen molar-refractivity contribution in [2.24, 2.45) is 0 Å². The summed E-state index contributed by atoms with van der Waals surface area (Å²) in [7, 11) is 0. The molecule has 1 fully saturated rings. The lowest BCUT2D eigenvalue weighted by Gasteiger charge is -2.35. The molecule has 1 aromatic heterocycles. The minimum absolute atomic E-state index is 0.140. The summed E-state index contributed by atoms with van der Waals surface area (Å²) in [4.78, 5) is 20.5. The number of rotatable bonds is 4. The molecule has 0 bridgehead atoms. The number of nitrogens with zero attached hydrogens (tertiary/aromatic N) is 4. The van der Waals surface area contributed by atoms with Crippen molar-refractivity contribution >= 4 is 23.5 Å². The molecule has 122 valence electrons. The largest absolute Gasteiger partial charge is 0.339 e. The van der Waals surface area contributed by atoms with E-state index in [1.54, 1.807) is 0 Å². The molecule has 5 nitrogen and oxygen atoms in total. The topological polar surface area (TPSA) is 41.4 Å². The Bertz CT molecular complexity index is 659. The molecule has 2 heterocycles. The summed E-state index contributed by atoms with van der Waals surface area (Å²) in [6.45, 7) is 5.09. The van der Waals surface area contributed by atoms with Crippen LogP contribution in [0.5, 0.6) is 0 Å². The van der Waals surface area contributed by atoms with Gasteiger partial charge in [0, 0.05) is 56.6 Å². The van der Waals surface area contributed by atoms with Crippen LogP contribution in [0.3, 0.4) is 0 Å². The molecule has 0 spiro atoms. The normalized spacial score (nSPS) is 15.0. The van der Waals surface area contributed by atoms with E-state index in [0.29, 0.717) is 12.3 Å². The van der Waals surface area contributed by atoms with Gasteiger partial charge in [-0.15, -0.1) is 11.6 Å². The van der Waals surface area contributed by atoms with Gasteiger partial charge < -0.3 is 9.80 Å². The minimum Gasteiger partial charge on any atom is -0.339 e. The van der Waals surface area contributed by atoms with Crippen LogP contribution in [0, 0.1) is 6.92 Å². The van der Waals surface area contributed by atoms with Gasteiger partial charge in [0.15, 0.2) is 0 Å². The molecule has 0 radical (unpaired) electrons. The van der Waals surface area contributed by atoms with Crippen molar-refractivity contribution in [3.63, 3.8) is 0 Å². The van der Waals surface area contributed by atoms with Crippen LogP contribution in [0.15, 0.2) is 36.7 Å². The molecule has 0 unspecified atom stereocenters. The summed E-state index contributed by atoms with van der Waals surface area (Å²) in [5.74, 6) is 1.46. The van der Waals surface area contributed by atoms with E-state index >= 15 is 0 Å². The fourth-order valence-electron chi connectivity index (χ4n) is 2.83. The summed E-state index contributed by atoms with van der Waals surface area (Å²) in [5.41, 5.74) is 2.34. The van der Waals surface area contributed by atoms with Gasteiger partial charge in [0.25, 0.3) is 0 Å². The molecule has 0 saturated carbocycles. The Labute approximate surface area is 141 Å². The zero-order valence-corrected chi connectivity index (χ0v) is 14.0. The average molecular weight is 333 g/mol. The fraction of sp³-hybridized carbons (Fsp3) is 0.412. The number of amides is 1. The number of imidazole rings is 1. The van der Waals surface area contributed by atoms with Crippen LogP contribution in [0.1, 0.15) is 12.0 Å². The van der Waals surface area contributed by atoms with Crippen LogP contribution >= 0.6 is 11.6 Å². The van der Waals surface area contributed by atoms with Crippen molar-refractivity contribution in [1.29, 1.82) is 0 Å². The quantitative estimate of drug-likeness (QED) is 0.808. The van der Waals surface area contributed by atoms with Crippen LogP contribution in [0.25, 0.3) is 5.69 Å². The lowest BCUT2D eigenvalue weighted by atomic mass is 10.2. The molecule has 2 aromatic rings. The summed E-state index contributed by atoms with van der Waals surface area (Å²) >= 11 is 5.65. The lowest BCUT2D eigenvalue weighted by Crippen LogP contribution is -2.49. The predicted octanol–water partition coefficient (Wildman–Crippen LogP) is 2.46. The van der Waals surface area contributed by atoms with Crippen molar-refractivity contribution in [1.82, 2.24) is 14.5 Å². The number of hydrogen-bond acceptors (Lipinski definition) is 3. The van der Waals surface area contributed by atoms with E-state index < -0.39 is 0 Å². The number of carbonyl (C=O) groups is 1. The van der Waals surface area contributed by atoms with E-state index in [0.717, 1.165) is 37.8 Å². The standard InChI is InChI=1S/C17H21ClN4O/c1-14-2-4-15(5-3-14)22-9-8-19-17(22)21-12-10-20(11-13-21)16(23)6-7-18/h2-5,8-9H,6-7,10-13H2,1H3. The molecular weight excluding hydrogens is 312 g/mol. The van der Waals surface area contributed by atoms with Crippen LogP contribution in [-0.4, -0.2) is 52.4 Å². The Hall–Kier alpha value is -2.01. The fourth-order valence-corrected chi connectivity index (χ4v) is 2.99. The van der Waals surface area contributed by atoms with Crippen molar-refractivity contribution in [3.8, 4) is 5.69 Å². The maximum atomic E-state index is 11.9. The maximum Gasteiger partial charge on any atom is 0.223 e. The smallest absolute Gasteiger partial charge is 0.223 e. The third kappa shape index (κ3) is 3.50. The number of anilines is 1. The predicted molar refractivity (Wildman–Crippen MR) is 92.4 cm³/mol. The molecule has 23 heavy (non-hydrogen) atoms. The van der Waals surface area contributed by atoms with Gasteiger partial charge in [0.05, 0.1) is 0 Å². The minimum atomic E-state index is 0.140. The average Bonchev–Trinajstić information content (AvgIpc) is 3.05. The second-order valence-corrected chi connectivity index (χ2v) is 6.12. The number of halogens is 1. The van der Waals surface area contributed by atoms with Gasteiger partial charge in [-0.3, -0.25) is 9.36 Å². The summed E-state index contributed by atoms with van der Waals surface area (Å²) in [5, 5.41) is 0. The van der Waals surface area contributed by atoms with Crippen molar-refractivity contribution in [2.75, 3.05) is 37.0 Å². The first kappa shape index (κ1) is 15.9. The van der Waals surface area contributed by atoms with E-state index in [4.69, 9.17) is 11.6 Å². The lowest BCUT2D eigenvalue weighted by molar-refractivity contribution is -0.131. The van der Waals surface area contributed by atoms with E-state index in [9.17, 15) is 4.79 Å². The van der Waals surface area contributed by atoms with E-state index in [1.165, 1.54) is 5.56 Å². The molecule has 3 rings (SSSR count). The Kier molecular flexibility index (Phi) is 4.86. The first-order valence-electron chi connectivity index (χ1n) is 7.88. The molecular formula is C17H21ClN4O. The van der Waals surface area contributed by atoms with Crippen molar-refractivity contribution in [3.05, 3.63) is 42.2 Å². The Morgan fingerprint density at radius 3 is 2.52 bits per heavy atom. The number of piperazine rings is 1. The van der Waals surface area contributed by atoms with Gasteiger partial charge in [-0.1, -0.05) is 17.7 Å². The van der Waals surface area contributed by atoms with Gasteiger partial charge in [-0.2, -0.15) is 0 Å². The van der Waals surface area contributed by atoms with Crippen LogP contribution < -0.4 is 4.90 Å². The molecule has 0 atom stereocenters. The number of alkyl halides is 1. The number of aryl methyl sites for hydroxylation is 1. The Balaban J connectivity index is 1.71. The van der Waals surface area contributed by atoms with Crippen LogP contribution in [-0.2, 0) is 4.79 Å². The first-order chi connectivity index (χ1) is 11.2. The number of carbonyl (C=O) groups excluding carboxylic acids is 1. The zero-order chi connectivity index (χ0) is 16.2. The first-order valence-corrected chi connectivity index (χ1v) is 8.41. The van der Waals surface area contributed by atoms with Crippen molar-refractivity contribution < 1.29 is 4.79 Å². The second kappa shape index (κ2) is 7.04. The molecule has 0 aliphatic carbocycles. The molecule has 6 heteroatoms. The molecule has 1 aliphatic rings. The SMILES string of the molecule is Cc1ccc(-n2ccnc2N2CCN(C(=O)CCCl)CC2)cc1. The highest BCUT2D eigenvalue weighted by atomic mass is 35.5. The maximum absolute atomic E-state index is 11.9. The van der Waals surface area contributed by atoms with Gasteiger partial charge in [-0.05, 0) is 19.1 Å². The summed E-state index contributed by atoms with van der Waals surface area (Å²) in [6.07, 6.45) is 4.21. The molecule has 1 aliphatic heterocycles. The molecule has 1 saturated heterocycles.